The molecule has 1 heterocycles. The summed E-state index contributed by atoms with van der Waals surface area (Å²) in [6, 6.07) is 10.9. The highest BCUT2D eigenvalue weighted by atomic mass is 32.2. The lowest BCUT2D eigenvalue weighted by atomic mass is 10.1. The van der Waals surface area contributed by atoms with Gasteiger partial charge in [0.25, 0.3) is 0 Å². The highest BCUT2D eigenvalue weighted by Gasteiger charge is 2.31. The molecule has 0 aromatic heterocycles. The lowest BCUT2D eigenvalue weighted by molar-refractivity contribution is -0.122. The summed E-state index contributed by atoms with van der Waals surface area (Å²) in [5.41, 5.74) is 1.21. The zero-order valence-corrected chi connectivity index (χ0v) is 18.2. The smallest absolute Gasteiger partial charge is 0.244 e. The number of amides is 1. The molecule has 0 saturated heterocycles. The van der Waals surface area contributed by atoms with Gasteiger partial charge in [-0.15, -0.1) is 0 Å². The average Bonchev–Trinajstić information content (AvgIpc) is 2.72. The first-order valence-corrected chi connectivity index (χ1v) is 11.4. The number of hydrogen-bond donors (Lipinski definition) is 1. The van der Waals surface area contributed by atoms with Crippen LogP contribution >= 0.6 is 0 Å². The van der Waals surface area contributed by atoms with E-state index in [1.807, 2.05) is 19.1 Å². The lowest BCUT2D eigenvalue weighted by Gasteiger charge is -2.30. The Bertz CT molecular complexity index is 1010. The van der Waals surface area contributed by atoms with Gasteiger partial charge in [0.15, 0.2) is 11.5 Å². The Morgan fingerprint density at radius 2 is 1.70 bits per heavy atom. The van der Waals surface area contributed by atoms with Crippen LogP contribution in [-0.4, -0.2) is 46.9 Å². The second-order valence-electron chi connectivity index (χ2n) is 7.07. The van der Waals surface area contributed by atoms with Gasteiger partial charge in [-0.25, -0.2) is 8.42 Å². The van der Waals surface area contributed by atoms with Gasteiger partial charge in [-0.1, -0.05) is 12.1 Å². The highest BCUT2D eigenvalue weighted by molar-refractivity contribution is 7.92. The summed E-state index contributed by atoms with van der Waals surface area (Å²) in [7, 11) is -2.16. The third-order valence-electron chi connectivity index (χ3n) is 4.84. The molecule has 8 nitrogen and oxygen atoms in total. The SMILES string of the molecule is COc1ccc(C(C)NC(=O)C(C)N(c2ccc3c(c2)OCCO3)S(C)(=O)=O)cc1. The van der Waals surface area contributed by atoms with Crippen LogP contribution in [0.1, 0.15) is 25.5 Å². The van der Waals surface area contributed by atoms with E-state index in [0.29, 0.717) is 36.1 Å². The minimum Gasteiger partial charge on any atom is -0.497 e. The summed E-state index contributed by atoms with van der Waals surface area (Å²) in [6.45, 7) is 4.20. The van der Waals surface area contributed by atoms with Crippen LogP contribution in [0.5, 0.6) is 17.2 Å². The minimum absolute atomic E-state index is 0.312. The third-order valence-corrected chi connectivity index (χ3v) is 6.08. The molecule has 1 N–H and O–H groups in total. The Labute approximate surface area is 176 Å². The van der Waals surface area contributed by atoms with Crippen LogP contribution in [0, 0.1) is 0 Å². The van der Waals surface area contributed by atoms with E-state index in [2.05, 4.69) is 5.32 Å². The van der Waals surface area contributed by atoms with Crippen molar-refractivity contribution < 1.29 is 27.4 Å². The van der Waals surface area contributed by atoms with Crippen molar-refractivity contribution in [3.8, 4) is 17.2 Å². The number of carbonyl (C=O) groups is 1. The predicted molar refractivity (Wildman–Crippen MR) is 114 cm³/mol. The Morgan fingerprint density at radius 1 is 1.07 bits per heavy atom. The number of hydrogen-bond acceptors (Lipinski definition) is 6. The van der Waals surface area contributed by atoms with Crippen molar-refractivity contribution in [3.05, 3.63) is 48.0 Å². The number of carbonyl (C=O) groups excluding carboxylic acids is 1. The number of rotatable bonds is 7. The zero-order chi connectivity index (χ0) is 21.9. The van der Waals surface area contributed by atoms with E-state index in [4.69, 9.17) is 14.2 Å². The molecule has 0 bridgehead atoms. The molecular formula is C21H26N2O6S. The van der Waals surface area contributed by atoms with Gasteiger partial charge < -0.3 is 19.5 Å². The molecule has 9 heteroatoms. The molecule has 2 atom stereocenters. The topological polar surface area (TPSA) is 94.2 Å². The van der Waals surface area contributed by atoms with Crippen molar-refractivity contribution in [1.29, 1.82) is 0 Å². The van der Waals surface area contributed by atoms with E-state index in [1.165, 1.54) is 0 Å². The van der Waals surface area contributed by atoms with Crippen molar-refractivity contribution in [2.24, 2.45) is 0 Å². The monoisotopic (exact) mass is 434 g/mol. The zero-order valence-electron chi connectivity index (χ0n) is 17.4. The van der Waals surface area contributed by atoms with Gasteiger partial charge >= 0.3 is 0 Å². The number of methoxy groups -OCH3 is 1. The van der Waals surface area contributed by atoms with Gasteiger partial charge in [-0.2, -0.15) is 0 Å². The fourth-order valence-corrected chi connectivity index (χ4v) is 4.45. The van der Waals surface area contributed by atoms with Gasteiger partial charge in [0.2, 0.25) is 15.9 Å². The fraction of sp³-hybridized carbons (Fsp3) is 0.381. The summed E-state index contributed by atoms with van der Waals surface area (Å²) in [5.74, 6) is 1.29. The summed E-state index contributed by atoms with van der Waals surface area (Å²) < 4.78 is 42.3. The Morgan fingerprint density at radius 3 is 2.30 bits per heavy atom. The quantitative estimate of drug-likeness (QED) is 0.720. The molecule has 2 aromatic rings. The highest BCUT2D eigenvalue weighted by Crippen LogP contribution is 2.35. The molecule has 0 saturated carbocycles. The van der Waals surface area contributed by atoms with Crippen molar-refractivity contribution in [1.82, 2.24) is 5.32 Å². The average molecular weight is 435 g/mol. The van der Waals surface area contributed by atoms with E-state index >= 15 is 0 Å². The maximum Gasteiger partial charge on any atom is 0.244 e. The number of ether oxygens (including phenoxy) is 3. The Kier molecular flexibility index (Phi) is 6.40. The van der Waals surface area contributed by atoms with Crippen molar-refractivity contribution in [2.75, 3.05) is 30.9 Å². The first kappa shape index (κ1) is 21.8. The van der Waals surface area contributed by atoms with Crippen molar-refractivity contribution in [3.63, 3.8) is 0 Å². The molecule has 30 heavy (non-hydrogen) atoms. The van der Waals surface area contributed by atoms with Crippen molar-refractivity contribution >= 4 is 21.6 Å². The normalized spacial score (nSPS) is 15.1. The van der Waals surface area contributed by atoms with Crippen molar-refractivity contribution in [2.45, 2.75) is 25.9 Å². The lowest BCUT2D eigenvalue weighted by Crippen LogP contribution is -2.48. The molecule has 2 aromatic carbocycles. The predicted octanol–water partition coefficient (Wildman–Crippen LogP) is 2.50. The molecule has 1 aliphatic heterocycles. The maximum atomic E-state index is 12.9. The molecule has 3 rings (SSSR count). The Hall–Kier alpha value is -2.94. The van der Waals surface area contributed by atoms with Gasteiger partial charge in [-0.3, -0.25) is 9.10 Å². The van der Waals surface area contributed by atoms with Crippen LogP contribution in [0.2, 0.25) is 0 Å². The van der Waals surface area contributed by atoms with E-state index in [1.54, 1.807) is 44.4 Å². The van der Waals surface area contributed by atoms with E-state index in [9.17, 15) is 13.2 Å². The van der Waals surface area contributed by atoms with Gasteiger partial charge in [0.1, 0.15) is 25.0 Å². The number of nitrogens with zero attached hydrogens (tertiary/aromatic N) is 1. The van der Waals surface area contributed by atoms with Gasteiger partial charge in [0, 0.05) is 6.07 Å². The summed E-state index contributed by atoms with van der Waals surface area (Å²) in [4.78, 5) is 12.9. The minimum atomic E-state index is -3.74. The molecule has 1 aliphatic rings. The number of benzene rings is 2. The van der Waals surface area contributed by atoms with Crippen LogP contribution in [0.4, 0.5) is 5.69 Å². The van der Waals surface area contributed by atoms with Crippen LogP contribution in [-0.2, 0) is 14.8 Å². The van der Waals surface area contributed by atoms with E-state index in [0.717, 1.165) is 16.1 Å². The molecule has 0 radical (unpaired) electrons. The van der Waals surface area contributed by atoms with E-state index in [-0.39, 0.29) is 6.04 Å². The number of sulfonamides is 1. The number of anilines is 1. The van der Waals surface area contributed by atoms with E-state index < -0.39 is 22.0 Å². The van der Waals surface area contributed by atoms with Gasteiger partial charge in [-0.05, 0) is 43.7 Å². The van der Waals surface area contributed by atoms with Crippen LogP contribution < -0.4 is 23.8 Å². The largest absolute Gasteiger partial charge is 0.497 e. The summed E-state index contributed by atoms with van der Waals surface area (Å²) in [6.07, 6.45) is 1.07. The molecule has 2 unspecified atom stereocenters. The first-order valence-electron chi connectivity index (χ1n) is 9.54. The molecule has 0 spiro atoms. The van der Waals surface area contributed by atoms with Crippen LogP contribution in [0.25, 0.3) is 0 Å². The van der Waals surface area contributed by atoms with Crippen LogP contribution in [0.15, 0.2) is 42.5 Å². The second kappa shape index (κ2) is 8.83. The van der Waals surface area contributed by atoms with Crippen LogP contribution in [0.3, 0.4) is 0 Å². The fourth-order valence-electron chi connectivity index (χ4n) is 3.29. The standard InChI is InChI=1S/C21H26N2O6S/c1-14(16-5-8-18(27-3)9-6-16)22-21(24)15(2)23(30(4,25)26)17-7-10-19-20(13-17)29-12-11-28-19/h5-10,13-15H,11-12H2,1-4H3,(H,22,24). The second-order valence-corrected chi connectivity index (χ2v) is 8.93. The first-order chi connectivity index (χ1) is 14.2. The Balaban J connectivity index is 1.81. The third kappa shape index (κ3) is 4.79. The molecule has 162 valence electrons. The summed E-state index contributed by atoms with van der Waals surface area (Å²) >= 11 is 0. The molecular weight excluding hydrogens is 408 g/mol. The maximum absolute atomic E-state index is 12.9. The molecule has 1 amide bonds. The number of fused-ring (bicyclic) bond motifs is 1. The number of nitrogens with one attached hydrogen (secondary N) is 1. The van der Waals surface area contributed by atoms with Gasteiger partial charge in [0.05, 0.1) is 25.1 Å². The molecule has 0 fully saturated rings. The molecule has 0 aliphatic carbocycles. The summed E-state index contributed by atoms with van der Waals surface area (Å²) in [5, 5.41) is 2.88.